The highest BCUT2D eigenvalue weighted by molar-refractivity contribution is 5.76. The van der Waals surface area contributed by atoms with Crippen LogP contribution in [0.25, 0.3) is 0 Å². The summed E-state index contributed by atoms with van der Waals surface area (Å²) in [6.45, 7) is 6.94. The number of para-hydroxylation sites is 1. The lowest BCUT2D eigenvalue weighted by Gasteiger charge is -2.35. The van der Waals surface area contributed by atoms with Crippen LogP contribution >= 0.6 is 0 Å². The van der Waals surface area contributed by atoms with Crippen LogP contribution in [0.4, 0.5) is 5.69 Å². The number of hydrogen-bond donors (Lipinski definition) is 1. The zero-order valence-corrected chi connectivity index (χ0v) is 12.6. The Labute approximate surface area is 121 Å². The molecule has 1 aromatic rings. The Kier molecular flexibility index (Phi) is 5.41. The van der Waals surface area contributed by atoms with E-state index in [2.05, 4.69) is 40.4 Å². The van der Waals surface area contributed by atoms with Crippen LogP contribution < -0.4 is 10.2 Å². The van der Waals surface area contributed by atoms with Gasteiger partial charge in [0.25, 0.3) is 0 Å². The lowest BCUT2D eigenvalue weighted by molar-refractivity contribution is -0.121. The topological polar surface area (TPSA) is 35.6 Å². The summed E-state index contributed by atoms with van der Waals surface area (Å²) < 4.78 is 0. The SMILES string of the molecule is CCCC(=O)NCc1ccccc1N1CCN(C)CC1. The van der Waals surface area contributed by atoms with Gasteiger partial charge in [-0.3, -0.25) is 4.79 Å². The molecule has 0 radical (unpaired) electrons. The van der Waals surface area contributed by atoms with E-state index < -0.39 is 0 Å². The van der Waals surface area contributed by atoms with Crippen LogP contribution in [0.5, 0.6) is 0 Å². The number of benzene rings is 1. The second-order valence-electron chi connectivity index (χ2n) is 5.45. The number of carbonyl (C=O) groups excluding carboxylic acids is 1. The van der Waals surface area contributed by atoms with Crippen LogP contribution in [-0.4, -0.2) is 44.0 Å². The van der Waals surface area contributed by atoms with Crippen molar-refractivity contribution in [3.63, 3.8) is 0 Å². The fourth-order valence-electron chi connectivity index (χ4n) is 2.53. The van der Waals surface area contributed by atoms with E-state index in [1.807, 2.05) is 13.0 Å². The molecule has 2 rings (SSSR count). The molecule has 0 atom stereocenters. The Morgan fingerprint density at radius 3 is 2.60 bits per heavy atom. The van der Waals surface area contributed by atoms with Crippen molar-refractivity contribution in [1.82, 2.24) is 10.2 Å². The van der Waals surface area contributed by atoms with Crippen LogP contribution in [0.3, 0.4) is 0 Å². The number of carbonyl (C=O) groups is 1. The van der Waals surface area contributed by atoms with Crippen LogP contribution in [0.1, 0.15) is 25.3 Å². The van der Waals surface area contributed by atoms with Gasteiger partial charge in [0.2, 0.25) is 5.91 Å². The first-order valence-electron chi connectivity index (χ1n) is 7.48. The predicted octanol–water partition coefficient (Wildman–Crippen LogP) is 1.85. The van der Waals surface area contributed by atoms with Crippen molar-refractivity contribution in [3.05, 3.63) is 29.8 Å². The van der Waals surface area contributed by atoms with Gasteiger partial charge in [0.15, 0.2) is 0 Å². The van der Waals surface area contributed by atoms with Crippen molar-refractivity contribution < 1.29 is 4.79 Å². The summed E-state index contributed by atoms with van der Waals surface area (Å²) in [5, 5.41) is 3.01. The van der Waals surface area contributed by atoms with Crippen LogP contribution in [-0.2, 0) is 11.3 Å². The van der Waals surface area contributed by atoms with Gasteiger partial charge in [-0.2, -0.15) is 0 Å². The fourth-order valence-corrected chi connectivity index (χ4v) is 2.53. The maximum atomic E-state index is 11.6. The highest BCUT2D eigenvalue weighted by Crippen LogP contribution is 2.21. The number of nitrogens with zero attached hydrogens (tertiary/aromatic N) is 2. The minimum atomic E-state index is 0.140. The molecule has 1 amide bonds. The maximum absolute atomic E-state index is 11.6. The van der Waals surface area contributed by atoms with Gasteiger partial charge in [-0.05, 0) is 25.1 Å². The van der Waals surface area contributed by atoms with Gasteiger partial charge in [0.1, 0.15) is 0 Å². The average Bonchev–Trinajstić information content (AvgIpc) is 2.47. The highest BCUT2D eigenvalue weighted by Gasteiger charge is 2.16. The normalized spacial score (nSPS) is 16.2. The minimum Gasteiger partial charge on any atom is -0.369 e. The van der Waals surface area contributed by atoms with Crippen molar-refractivity contribution in [3.8, 4) is 0 Å². The van der Waals surface area contributed by atoms with E-state index in [0.29, 0.717) is 13.0 Å². The van der Waals surface area contributed by atoms with Crippen LogP contribution in [0, 0.1) is 0 Å². The van der Waals surface area contributed by atoms with Gasteiger partial charge in [-0.1, -0.05) is 25.1 Å². The first kappa shape index (κ1) is 14.9. The molecule has 1 heterocycles. The van der Waals surface area contributed by atoms with Crippen molar-refractivity contribution in [1.29, 1.82) is 0 Å². The average molecular weight is 275 g/mol. The predicted molar refractivity (Wildman–Crippen MR) is 82.9 cm³/mol. The quantitative estimate of drug-likeness (QED) is 0.891. The summed E-state index contributed by atoms with van der Waals surface area (Å²) in [4.78, 5) is 16.4. The summed E-state index contributed by atoms with van der Waals surface area (Å²) in [7, 11) is 2.16. The lowest BCUT2D eigenvalue weighted by atomic mass is 10.1. The molecule has 110 valence electrons. The number of rotatable bonds is 5. The van der Waals surface area contributed by atoms with E-state index in [9.17, 15) is 4.79 Å². The Hall–Kier alpha value is -1.55. The number of hydrogen-bond acceptors (Lipinski definition) is 3. The van der Waals surface area contributed by atoms with Gasteiger partial charge >= 0.3 is 0 Å². The van der Waals surface area contributed by atoms with Gasteiger partial charge < -0.3 is 15.1 Å². The smallest absolute Gasteiger partial charge is 0.220 e. The third kappa shape index (κ3) is 3.97. The van der Waals surface area contributed by atoms with E-state index >= 15 is 0 Å². The molecule has 0 unspecified atom stereocenters. The Morgan fingerprint density at radius 1 is 1.20 bits per heavy atom. The molecule has 0 bridgehead atoms. The summed E-state index contributed by atoms with van der Waals surface area (Å²) in [6.07, 6.45) is 1.50. The van der Waals surface area contributed by atoms with Crippen molar-refractivity contribution in [2.75, 3.05) is 38.1 Å². The van der Waals surface area contributed by atoms with Gasteiger partial charge in [-0.25, -0.2) is 0 Å². The molecule has 1 aromatic carbocycles. The van der Waals surface area contributed by atoms with Crippen LogP contribution in [0.15, 0.2) is 24.3 Å². The van der Waals surface area contributed by atoms with E-state index in [0.717, 1.165) is 32.6 Å². The molecular weight excluding hydrogens is 250 g/mol. The largest absolute Gasteiger partial charge is 0.369 e. The molecule has 4 nitrogen and oxygen atoms in total. The van der Waals surface area contributed by atoms with Gasteiger partial charge in [0.05, 0.1) is 0 Å². The first-order chi connectivity index (χ1) is 9.70. The van der Waals surface area contributed by atoms with Gasteiger partial charge in [-0.15, -0.1) is 0 Å². The summed E-state index contributed by atoms with van der Waals surface area (Å²) >= 11 is 0. The summed E-state index contributed by atoms with van der Waals surface area (Å²) in [6, 6.07) is 8.39. The number of nitrogens with one attached hydrogen (secondary N) is 1. The number of piperazine rings is 1. The molecule has 1 aliphatic heterocycles. The summed E-state index contributed by atoms with van der Waals surface area (Å²) in [5.74, 6) is 0.140. The molecule has 0 saturated carbocycles. The molecule has 1 aliphatic rings. The molecule has 0 spiro atoms. The summed E-state index contributed by atoms with van der Waals surface area (Å²) in [5.41, 5.74) is 2.47. The highest BCUT2D eigenvalue weighted by atomic mass is 16.1. The molecule has 20 heavy (non-hydrogen) atoms. The van der Waals surface area contributed by atoms with E-state index in [1.165, 1.54) is 11.3 Å². The fraction of sp³-hybridized carbons (Fsp3) is 0.562. The van der Waals surface area contributed by atoms with E-state index in [1.54, 1.807) is 0 Å². The molecule has 4 heteroatoms. The van der Waals surface area contributed by atoms with Crippen molar-refractivity contribution in [2.45, 2.75) is 26.3 Å². The number of anilines is 1. The molecule has 0 aromatic heterocycles. The molecule has 1 saturated heterocycles. The third-order valence-electron chi connectivity index (χ3n) is 3.79. The Bertz CT molecular complexity index is 439. The number of amides is 1. The maximum Gasteiger partial charge on any atom is 0.220 e. The van der Waals surface area contributed by atoms with Crippen LogP contribution in [0.2, 0.25) is 0 Å². The van der Waals surface area contributed by atoms with Crippen molar-refractivity contribution >= 4 is 11.6 Å². The van der Waals surface area contributed by atoms with E-state index in [4.69, 9.17) is 0 Å². The number of likely N-dealkylation sites (N-methyl/N-ethyl adjacent to an activating group) is 1. The standard InChI is InChI=1S/C16H25N3O/c1-3-6-16(20)17-13-14-7-4-5-8-15(14)19-11-9-18(2)10-12-19/h4-5,7-8H,3,6,9-13H2,1-2H3,(H,17,20). The zero-order chi connectivity index (χ0) is 14.4. The first-order valence-corrected chi connectivity index (χ1v) is 7.48. The van der Waals surface area contributed by atoms with Crippen molar-refractivity contribution in [2.24, 2.45) is 0 Å². The molecule has 0 aliphatic carbocycles. The second kappa shape index (κ2) is 7.29. The third-order valence-corrected chi connectivity index (χ3v) is 3.79. The van der Waals surface area contributed by atoms with Gasteiger partial charge in [0, 0.05) is 44.8 Å². The molecular formula is C16H25N3O. The zero-order valence-electron chi connectivity index (χ0n) is 12.6. The molecule has 1 N–H and O–H groups in total. The lowest BCUT2D eigenvalue weighted by Crippen LogP contribution is -2.45. The minimum absolute atomic E-state index is 0.140. The Balaban J connectivity index is 2.00. The molecule has 1 fully saturated rings. The Morgan fingerprint density at radius 2 is 1.90 bits per heavy atom. The van der Waals surface area contributed by atoms with E-state index in [-0.39, 0.29) is 5.91 Å². The monoisotopic (exact) mass is 275 g/mol. The second-order valence-corrected chi connectivity index (χ2v) is 5.45.